The van der Waals surface area contributed by atoms with Gasteiger partial charge in [0.05, 0.1) is 6.42 Å². The summed E-state index contributed by atoms with van der Waals surface area (Å²) in [6.07, 6.45) is 0.481. The van der Waals surface area contributed by atoms with E-state index in [1.807, 2.05) is 0 Å². The normalized spacial score (nSPS) is 12.1. The Morgan fingerprint density at radius 3 is 2.45 bits per heavy atom. The number of hydrogen-bond donors (Lipinski definition) is 3. The summed E-state index contributed by atoms with van der Waals surface area (Å²) in [7, 11) is 0. The average Bonchev–Trinajstić information content (AvgIpc) is 1.84. The molecule has 11 heavy (non-hydrogen) atoms. The maximum atomic E-state index is 10.3. The van der Waals surface area contributed by atoms with Crippen LogP contribution in [0.3, 0.4) is 0 Å². The minimum absolute atomic E-state index is 0.0839. The molecule has 0 aromatic rings. The molecule has 0 aliphatic heterocycles. The summed E-state index contributed by atoms with van der Waals surface area (Å²) >= 11 is 0. The first kappa shape index (κ1) is 9.74. The topological polar surface area (TPSA) is 92.4 Å². The molecule has 5 nitrogen and oxygen atoms in total. The van der Waals surface area contributed by atoms with Crippen molar-refractivity contribution in [2.45, 2.75) is 25.8 Å². The van der Waals surface area contributed by atoms with Crippen LogP contribution in [0.1, 0.15) is 19.8 Å². The zero-order valence-electron chi connectivity index (χ0n) is 6.33. The third-order valence-electron chi connectivity index (χ3n) is 1.26. The van der Waals surface area contributed by atoms with Crippen molar-refractivity contribution in [3.63, 3.8) is 0 Å². The largest absolute Gasteiger partial charge is 0.481 e. The second-order valence-corrected chi connectivity index (χ2v) is 2.21. The first-order valence-electron chi connectivity index (χ1n) is 3.34. The zero-order chi connectivity index (χ0) is 8.85. The van der Waals surface area contributed by atoms with Crippen LogP contribution in [0.2, 0.25) is 0 Å². The van der Waals surface area contributed by atoms with Gasteiger partial charge in [0, 0.05) is 6.04 Å². The lowest BCUT2D eigenvalue weighted by atomic mass is 10.1. The highest BCUT2D eigenvalue weighted by atomic mass is 16.4. The van der Waals surface area contributed by atoms with Crippen molar-refractivity contribution >= 4 is 12.0 Å². The maximum absolute atomic E-state index is 10.3. The first-order chi connectivity index (χ1) is 5.06. The van der Waals surface area contributed by atoms with Gasteiger partial charge in [-0.2, -0.15) is 0 Å². The first-order valence-corrected chi connectivity index (χ1v) is 3.34. The fourth-order valence-corrected chi connectivity index (χ4v) is 0.709. The summed E-state index contributed by atoms with van der Waals surface area (Å²) in [5.74, 6) is -0.939. The van der Waals surface area contributed by atoms with Gasteiger partial charge in [-0.3, -0.25) is 4.79 Å². The summed E-state index contributed by atoms with van der Waals surface area (Å²) in [6, 6.07) is -1.04. The second kappa shape index (κ2) is 4.54. The van der Waals surface area contributed by atoms with Crippen LogP contribution in [-0.4, -0.2) is 23.1 Å². The van der Waals surface area contributed by atoms with Gasteiger partial charge >= 0.3 is 12.0 Å². The summed E-state index contributed by atoms with van der Waals surface area (Å²) in [6.45, 7) is 1.78. The highest BCUT2D eigenvalue weighted by Gasteiger charge is 2.11. The van der Waals surface area contributed by atoms with Gasteiger partial charge in [0.15, 0.2) is 0 Å². The van der Waals surface area contributed by atoms with Crippen molar-refractivity contribution in [2.75, 3.05) is 0 Å². The summed E-state index contributed by atoms with van der Waals surface area (Å²) in [5.41, 5.74) is 4.80. The fourth-order valence-electron chi connectivity index (χ4n) is 0.709. The lowest BCUT2D eigenvalue weighted by molar-refractivity contribution is -0.137. The van der Waals surface area contributed by atoms with Gasteiger partial charge in [0.2, 0.25) is 0 Å². The summed E-state index contributed by atoms with van der Waals surface area (Å²) in [5, 5.41) is 10.7. The number of aliphatic carboxylic acids is 1. The van der Waals surface area contributed by atoms with Crippen LogP contribution in [0.25, 0.3) is 0 Å². The van der Waals surface area contributed by atoms with Crippen LogP contribution in [0.5, 0.6) is 0 Å². The van der Waals surface area contributed by atoms with Gasteiger partial charge < -0.3 is 16.2 Å². The Hall–Kier alpha value is -1.26. The third-order valence-corrected chi connectivity index (χ3v) is 1.26. The number of urea groups is 1. The van der Waals surface area contributed by atoms with Crippen LogP contribution < -0.4 is 11.1 Å². The number of hydrogen-bond acceptors (Lipinski definition) is 2. The second-order valence-electron chi connectivity index (χ2n) is 2.21. The average molecular weight is 160 g/mol. The van der Waals surface area contributed by atoms with Crippen molar-refractivity contribution in [3.8, 4) is 0 Å². The SMILES string of the molecule is CCC(CC(=O)O)NC(N)=O. The Morgan fingerprint density at radius 2 is 2.18 bits per heavy atom. The predicted octanol–water partition coefficient (Wildman–Crippen LogP) is -0.0920. The van der Waals surface area contributed by atoms with E-state index in [-0.39, 0.29) is 12.5 Å². The number of carboxylic acid groups (broad SMARTS) is 1. The summed E-state index contributed by atoms with van der Waals surface area (Å²) < 4.78 is 0. The smallest absolute Gasteiger partial charge is 0.312 e. The monoisotopic (exact) mass is 160 g/mol. The number of rotatable bonds is 4. The standard InChI is InChI=1S/C6H12N2O3/c1-2-4(3-5(9)10)8-6(7)11/h4H,2-3H2,1H3,(H,9,10)(H3,7,8,11). The van der Waals surface area contributed by atoms with Gasteiger partial charge in [-0.1, -0.05) is 6.92 Å². The van der Waals surface area contributed by atoms with Gasteiger partial charge in [-0.25, -0.2) is 4.79 Å². The molecule has 0 saturated carbocycles. The molecule has 64 valence electrons. The molecule has 0 spiro atoms. The van der Waals surface area contributed by atoms with E-state index in [9.17, 15) is 9.59 Å². The summed E-state index contributed by atoms with van der Waals surface area (Å²) in [4.78, 5) is 20.4. The number of nitrogens with one attached hydrogen (secondary N) is 1. The molecule has 4 N–H and O–H groups in total. The molecule has 0 rings (SSSR count). The van der Waals surface area contributed by atoms with Gasteiger partial charge in [-0.05, 0) is 6.42 Å². The van der Waals surface area contributed by atoms with Crippen LogP contribution in [0, 0.1) is 0 Å². The highest BCUT2D eigenvalue weighted by molar-refractivity contribution is 5.73. The Balaban J connectivity index is 3.76. The van der Waals surface area contributed by atoms with Gasteiger partial charge in [-0.15, -0.1) is 0 Å². The predicted molar refractivity (Wildman–Crippen MR) is 39.1 cm³/mol. The molecule has 0 aromatic carbocycles. The van der Waals surface area contributed by atoms with Crippen molar-refractivity contribution in [2.24, 2.45) is 5.73 Å². The number of carbonyl (C=O) groups excluding carboxylic acids is 1. The van der Waals surface area contributed by atoms with Crippen LogP contribution in [0.4, 0.5) is 4.79 Å². The maximum Gasteiger partial charge on any atom is 0.312 e. The molecule has 0 saturated heterocycles. The van der Waals surface area contributed by atoms with E-state index >= 15 is 0 Å². The molecule has 0 fully saturated rings. The van der Waals surface area contributed by atoms with Crippen LogP contribution >= 0.6 is 0 Å². The van der Waals surface area contributed by atoms with Crippen molar-refractivity contribution in [1.29, 1.82) is 0 Å². The number of carboxylic acids is 1. The molecule has 0 aliphatic rings. The Labute approximate surface area is 64.6 Å². The lowest BCUT2D eigenvalue weighted by Gasteiger charge is -2.11. The van der Waals surface area contributed by atoms with Crippen molar-refractivity contribution in [3.05, 3.63) is 0 Å². The molecular weight excluding hydrogens is 148 g/mol. The van der Waals surface area contributed by atoms with E-state index in [0.29, 0.717) is 6.42 Å². The van der Waals surface area contributed by atoms with E-state index in [2.05, 4.69) is 5.32 Å². The molecule has 1 atom stereocenters. The molecule has 5 heteroatoms. The number of amides is 2. The molecule has 0 aliphatic carbocycles. The quantitative estimate of drug-likeness (QED) is 0.536. The number of primary amides is 1. The minimum atomic E-state index is -0.939. The molecule has 0 bridgehead atoms. The fraction of sp³-hybridized carbons (Fsp3) is 0.667. The van der Waals surface area contributed by atoms with Crippen LogP contribution in [0.15, 0.2) is 0 Å². The molecule has 2 amide bonds. The lowest BCUT2D eigenvalue weighted by Crippen LogP contribution is -2.39. The van der Waals surface area contributed by atoms with Gasteiger partial charge in [0.25, 0.3) is 0 Å². The zero-order valence-corrected chi connectivity index (χ0v) is 6.33. The molecule has 0 aromatic heterocycles. The van der Waals surface area contributed by atoms with Crippen molar-refractivity contribution < 1.29 is 14.7 Å². The Morgan fingerprint density at radius 1 is 1.64 bits per heavy atom. The highest BCUT2D eigenvalue weighted by Crippen LogP contribution is 1.96. The van der Waals surface area contributed by atoms with E-state index < -0.39 is 12.0 Å². The Kier molecular flexibility index (Phi) is 4.02. The van der Waals surface area contributed by atoms with E-state index in [1.54, 1.807) is 6.92 Å². The van der Waals surface area contributed by atoms with E-state index in [0.717, 1.165) is 0 Å². The molecule has 0 heterocycles. The van der Waals surface area contributed by atoms with E-state index in [1.165, 1.54) is 0 Å². The molecular formula is C6H12N2O3. The number of carbonyl (C=O) groups is 2. The molecule has 0 radical (unpaired) electrons. The van der Waals surface area contributed by atoms with Crippen molar-refractivity contribution in [1.82, 2.24) is 5.32 Å². The van der Waals surface area contributed by atoms with Gasteiger partial charge in [0.1, 0.15) is 0 Å². The third kappa shape index (κ3) is 5.20. The molecule has 1 unspecified atom stereocenters. The van der Waals surface area contributed by atoms with E-state index in [4.69, 9.17) is 10.8 Å². The van der Waals surface area contributed by atoms with Crippen LogP contribution in [-0.2, 0) is 4.79 Å². The minimum Gasteiger partial charge on any atom is -0.481 e. The Bertz CT molecular complexity index is 142. The number of nitrogens with two attached hydrogens (primary N) is 1.